The number of hydrogen-bond acceptors (Lipinski definition) is 5. The largest absolute Gasteiger partial charge is 0.497 e. The third-order valence-corrected chi connectivity index (χ3v) is 3.93. The molecule has 0 atom stereocenters. The second kappa shape index (κ2) is 7.79. The summed E-state index contributed by atoms with van der Waals surface area (Å²) in [5.74, 6) is 2.16. The average molecular weight is 343 g/mol. The van der Waals surface area contributed by atoms with Crippen LogP contribution in [0.15, 0.2) is 36.4 Å². The van der Waals surface area contributed by atoms with Gasteiger partial charge in [-0.05, 0) is 17.7 Å². The van der Waals surface area contributed by atoms with Crippen molar-refractivity contribution in [3.8, 4) is 23.0 Å². The lowest BCUT2D eigenvalue weighted by Gasteiger charge is -2.14. The molecule has 0 aromatic heterocycles. The first-order valence-electron chi connectivity index (χ1n) is 8.10. The van der Waals surface area contributed by atoms with Crippen LogP contribution in [0.25, 0.3) is 0 Å². The van der Waals surface area contributed by atoms with E-state index < -0.39 is 0 Å². The van der Waals surface area contributed by atoms with Crippen molar-refractivity contribution in [2.75, 3.05) is 27.4 Å². The Labute approximate surface area is 146 Å². The molecule has 2 aromatic rings. The number of carbonyl (C=O) groups is 1. The number of methoxy groups -OCH3 is 2. The van der Waals surface area contributed by atoms with Crippen LogP contribution in [0.5, 0.6) is 23.0 Å². The molecule has 0 spiro atoms. The van der Waals surface area contributed by atoms with E-state index in [1.807, 2.05) is 24.3 Å². The fraction of sp³-hybridized carbons (Fsp3) is 0.316. The zero-order chi connectivity index (χ0) is 17.6. The van der Waals surface area contributed by atoms with Crippen LogP contribution in [-0.2, 0) is 6.54 Å². The number of amides is 1. The first-order valence-corrected chi connectivity index (χ1v) is 8.10. The molecule has 3 rings (SSSR count). The number of benzene rings is 2. The van der Waals surface area contributed by atoms with E-state index in [1.54, 1.807) is 19.2 Å². The standard InChI is InChI=1S/C19H21NO5/c1-22-14-6-4-13(5-7-14)12-20-19(21)15-10-17-18(11-16(15)23-2)25-9-3-8-24-17/h4-7,10-11H,3,8-9,12H2,1-2H3,(H,20,21). The van der Waals surface area contributed by atoms with Crippen molar-refractivity contribution < 1.29 is 23.7 Å². The fourth-order valence-corrected chi connectivity index (χ4v) is 2.56. The summed E-state index contributed by atoms with van der Waals surface area (Å²) in [7, 11) is 3.15. The summed E-state index contributed by atoms with van der Waals surface area (Å²) in [4.78, 5) is 12.6. The third-order valence-electron chi connectivity index (χ3n) is 3.93. The summed E-state index contributed by atoms with van der Waals surface area (Å²) in [6.07, 6.45) is 0.802. The van der Waals surface area contributed by atoms with E-state index in [0.29, 0.717) is 42.6 Å². The monoisotopic (exact) mass is 343 g/mol. The lowest BCUT2D eigenvalue weighted by atomic mass is 10.1. The Morgan fingerprint density at radius 2 is 1.72 bits per heavy atom. The van der Waals surface area contributed by atoms with Crippen molar-refractivity contribution in [3.05, 3.63) is 47.5 Å². The molecule has 0 radical (unpaired) electrons. The molecule has 25 heavy (non-hydrogen) atoms. The molecule has 0 aliphatic carbocycles. The number of ether oxygens (including phenoxy) is 4. The van der Waals surface area contributed by atoms with Crippen LogP contribution in [0.2, 0.25) is 0 Å². The van der Waals surface area contributed by atoms with E-state index in [1.165, 1.54) is 7.11 Å². The topological polar surface area (TPSA) is 66.0 Å². The Morgan fingerprint density at radius 1 is 1.04 bits per heavy atom. The van der Waals surface area contributed by atoms with Gasteiger partial charge >= 0.3 is 0 Å². The van der Waals surface area contributed by atoms with E-state index in [2.05, 4.69) is 5.32 Å². The highest BCUT2D eigenvalue weighted by atomic mass is 16.5. The van der Waals surface area contributed by atoms with Gasteiger partial charge in [0.25, 0.3) is 5.91 Å². The maximum Gasteiger partial charge on any atom is 0.255 e. The smallest absolute Gasteiger partial charge is 0.255 e. The van der Waals surface area contributed by atoms with Crippen LogP contribution < -0.4 is 24.3 Å². The van der Waals surface area contributed by atoms with E-state index in [9.17, 15) is 4.79 Å². The van der Waals surface area contributed by atoms with Gasteiger partial charge < -0.3 is 24.3 Å². The number of carbonyl (C=O) groups excluding carboxylic acids is 1. The lowest BCUT2D eigenvalue weighted by molar-refractivity contribution is 0.0947. The van der Waals surface area contributed by atoms with E-state index >= 15 is 0 Å². The number of hydrogen-bond donors (Lipinski definition) is 1. The molecule has 1 aliphatic rings. The molecule has 0 unspecified atom stereocenters. The quantitative estimate of drug-likeness (QED) is 0.904. The van der Waals surface area contributed by atoms with Gasteiger partial charge in [0.2, 0.25) is 0 Å². The van der Waals surface area contributed by atoms with Crippen LogP contribution >= 0.6 is 0 Å². The van der Waals surface area contributed by atoms with Crippen molar-refractivity contribution >= 4 is 5.91 Å². The molecule has 0 bridgehead atoms. The second-order valence-electron chi connectivity index (χ2n) is 5.58. The Kier molecular flexibility index (Phi) is 5.28. The van der Waals surface area contributed by atoms with Crippen molar-refractivity contribution in [1.29, 1.82) is 0 Å². The number of rotatable bonds is 5. The predicted octanol–water partition coefficient (Wildman–Crippen LogP) is 2.80. The van der Waals surface area contributed by atoms with Crippen molar-refractivity contribution in [2.45, 2.75) is 13.0 Å². The van der Waals surface area contributed by atoms with E-state index in [4.69, 9.17) is 18.9 Å². The SMILES string of the molecule is COc1ccc(CNC(=O)c2cc3c(cc2OC)OCCCO3)cc1. The van der Waals surface area contributed by atoms with Crippen molar-refractivity contribution in [1.82, 2.24) is 5.32 Å². The molecule has 1 aliphatic heterocycles. The maximum atomic E-state index is 12.6. The molecule has 1 N–H and O–H groups in total. The summed E-state index contributed by atoms with van der Waals surface area (Å²) < 4.78 is 21.8. The third kappa shape index (κ3) is 3.96. The normalized spacial score (nSPS) is 12.9. The predicted molar refractivity (Wildman–Crippen MR) is 92.8 cm³/mol. The molecule has 0 fully saturated rings. The Morgan fingerprint density at radius 3 is 2.36 bits per heavy atom. The van der Waals surface area contributed by atoms with Gasteiger partial charge in [-0.25, -0.2) is 0 Å². The molecule has 0 saturated carbocycles. The van der Waals surface area contributed by atoms with E-state index in [0.717, 1.165) is 17.7 Å². The zero-order valence-corrected chi connectivity index (χ0v) is 14.3. The van der Waals surface area contributed by atoms with Gasteiger partial charge in [-0.2, -0.15) is 0 Å². The molecule has 0 saturated heterocycles. The first kappa shape index (κ1) is 17.0. The molecule has 132 valence electrons. The van der Waals surface area contributed by atoms with Gasteiger partial charge in [0, 0.05) is 25.1 Å². The van der Waals surface area contributed by atoms with Crippen molar-refractivity contribution in [3.63, 3.8) is 0 Å². The number of nitrogens with one attached hydrogen (secondary N) is 1. The van der Waals surface area contributed by atoms with Crippen LogP contribution in [0.4, 0.5) is 0 Å². The van der Waals surface area contributed by atoms with Gasteiger partial charge in [-0.1, -0.05) is 12.1 Å². The minimum absolute atomic E-state index is 0.233. The van der Waals surface area contributed by atoms with E-state index in [-0.39, 0.29) is 5.91 Å². The summed E-state index contributed by atoms with van der Waals surface area (Å²) in [6.45, 7) is 1.55. The van der Waals surface area contributed by atoms with Crippen LogP contribution in [0.1, 0.15) is 22.3 Å². The molecule has 6 nitrogen and oxygen atoms in total. The minimum Gasteiger partial charge on any atom is -0.497 e. The lowest BCUT2D eigenvalue weighted by Crippen LogP contribution is -2.23. The average Bonchev–Trinajstić information content (AvgIpc) is 2.90. The van der Waals surface area contributed by atoms with Gasteiger partial charge in [-0.15, -0.1) is 0 Å². The zero-order valence-electron chi connectivity index (χ0n) is 14.3. The molecule has 1 amide bonds. The molecule has 1 heterocycles. The summed E-state index contributed by atoms with van der Waals surface area (Å²) in [5, 5.41) is 2.89. The maximum absolute atomic E-state index is 12.6. The highest BCUT2D eigenvalue weighted by molar-refractivity contribution is 5.97. The van der Waals surface area contributed by atoms with Crippen LogP contribution in [0, 0.1) is 0 Å². The van der Waals surface area contributed by atoms with Crippen LogP contribution in [0.3, 0.4) is 0 Å². The molecular formula is C19H21NO5. The van der Waals surface area contributed by atoms with Crippen LogP contribution in [-0.4, -0.2) is 33.3 Å². The molecular weight excluding hydrogens is 322 g/mol. The summed E-state index contributed by atoms with van der Waals surface area (Å²) in [5.41, 5.74) is 1.39. The first-order chi connectivity index (χ1) is 12.2. The highest BCUT2D eigenvalue weighted by Gasteiger charge is 2.19. The second-order valence-corrected chi connectivity index (χ2v) is 5.58. The Bertz CT molecular complexity index is 742. The van der Waals surface area contributed by atoms with Gasteiger partial charge in [0.15, 0.2) is 11.5 Å². The Hall–Kier alpha value is -2.89. The summed E-state index contributed by atoms with van der Waals surface area (Å²) >= 11 is 0. The molecule has 2 aromatic carbocycles. The minimum atomic E-state index is -0.233. The number of fused-ring (bicyclic) bond motifs is 1. The van der Waals surface area contributed by atoms with Crippen molar-refractivity contribution in [2.24, 2.45) is 0 Å². The van der Waals surface area contributed by atoms with Gasteiger partial charge in [0.1, 0.15) is 11.5 Å². The Balaban J connectivity index is 1.75. The summed E-state index contributed by atoms with van der Waals surface area (Å²) in [6, 6.07) is 10.9. The molecule has 6 heteroatoms. The highest BCUT2D eigenvalue weighted by Crippen LogP contribution is 2.36. The van der Waals surface area contributed by atoms with Gasteiger partial charge in [-0.3, -0.25) is 4.79 Å². The van der Waals surface area contributed by atoms with Gasteiger partial charge in [0.05, 0.1) is 33.0 Å². The fourth-order valence-electron chi connectivity index (χ4n) is 2.56.